The molecule has 0 amide bonds. The molecule has 0 N–H and O–H groups in total. The predicted octanol–water partition coefficient (Wildman–Crippen LogP) is 0.578. The Morgan fingerprint density at radius 3 is 0.333 bits per heavy atom. The fourth-order valence-electron chi connectivity index (χ4n) is 0. The minimum atomic E-state index is -0.750. The van der Waals surface area contributed by atoms with Gasteiger partial charge in [0.2, 0.25) is 0 Å². The molecule has 0 aliphatic heterocycles. The molecule has 0 aliphatic rings. The van der Waals surface area contributed by atoms with Gasteiger partial charge in [-0.25, -0.2) is 0 Å². The Hall–Kier alpha value is 0.528. The second-order valence-corrected chi connectivity index (χ2v) is 8.45. The number of hydrogen-bond donors (Lipinski definition) is 0. The SMILES string of the molecule is CC(C)(C)[O-].CC(C)(C)[O-].CC(C)(C)[O-].CC(C)(C)[O-].[Mo+4]. The van der Waals surface area contributed by atoms with Crippen LogP contribution in [0.15, 0.2) is 0 Å². The Morgan fingerprint density at radius 1 is 0.333 bits per heavy atom. The molecule has 0 saturated carbocycles. The van der Waals surface area contributed by atoms with Crippen LogP contribution in [0.4, 0.5) is 0 Å². The van der Waals surface area contributed by atoms with E-state index < -0.39 is 22.4 Å². The quantitative estimate of drug-likeness (QED) is 0.568. The Balaban J connectivity index is -0.0000000533. The van der Waals surface area contributed by atoms with Gasteiger partial charge in [0.05, 0.1) is 0 Å². The van der Waals surface area contributed by atoms with Crippen molar-refractivity contribution < 1.29 is 41.5 Å². The molecule has 0 radical (unpaired) electrons. The largest absolute Gasteiger partial charge is 4.00 e. The predicted molar refractivity (Wildman–Crippen MR) is 79.0 cm³/mol. The summed E-state index contributed by atoms with van der Waals surface area (Å²) in [5, 5.41) is 40.4. The average molecular weight is 388 g/mol. The van der Waals surface area contributed by atoms with Crippen molar-refractivity contribution in [3.05, 3.63) is 0 Å². The molecular formula is C16H36MoO4. The summed E-state index contributed by atoms with van der Waals surface area (Å²) in [6.45, 7) is 19.6. The summed E-state index contributed by atoms with van der Waals surface area (Å²) in [6.07, 6.45) is 0. The van der Waals surface area contributed by atoms with Crippen LogP contribution in [-0.2, 0) is 21.1 Å². The van der Waals surface area contributed by atoms with Gasteiger partial charge in [-0.2, -0.15) is 0 Å². The van der Waals surface area contributed by atoms with Gasteiger partial charge in [-0.3, -0.25) is 0 Å². The van der Waals surface area contributed by atoms with E-state index in [4.69, 9.17) is 0 Å². The zero-order valence-electron chi connectivity index (χ0n) is 16.0. The fraction of sp³-hybridized carbons (Fsp3) is 1.00. The maximum atomic E-state index is 10.1. The third-order valence-electron chi connectivity index (χ3n) is 0. The van der Waals surface area contributed by atoms with Gasteiger partial charge in [0.1, 0.15) is 0 Å². The van der Waals surface area contributed by atoms with Crippen molar-refractivity contribution in [2.24, 2.45) is 0 Å². The van der Waals surface area contributed by atoms with Gasteiger partial charge < -0.3 is 20.4 Å². The van der Waals surface area contributed by atoms with E-state index in [1.54, 1.807) is 83.1 Å². The Morgan fingerprint density at radius 2 is 0.333 bits per heavy atom. The van der Waals surface area contributed by atoms with Crippen molar-refractivity contribution in [1.82, 2.24) is 0 Å². The van der Waals surface area contributed by atoms with Crippen LogP contribution in [0.25, 0.3) is 0 Å². The Bertz CT molecular complexity index is 130. The van der Waals surface area contributed by atoms with Gasteiger partial charge in [0.25, 0.3) is 0 Å². The van der Waals surface area contributed by atoms with E-state index in [-0.39, 0.29) is 21.1 Å². The Labute approximate surface area is 147 Å². The molecular weight excluding hydrogens is 352 g/mol. The van der Waals surface area contributed by atoms with Crippen LogP contribution >= 0.6 is 0 Å². The van der Waals surface area contributed by atoms with E-state index in [0.29, 0.717) is 0 Å². The smallest absolute Gasteiger partial charge is 0.850 e. The van der Waals surface area contributed by atoms with Gasteiger partial charge in [-0.15, -0.1) is 22.4 Å². The molecule has 0 fully saturated rings. The maximum absolute atomic E-state index is 10.1. The van der Waals surface area contributed by atoms with Crippen LogP contribution in [0.2, 0.25) is 0 Å². The third-order valence-corrected chi connectivity index (χ3v) is 0. The van der Waals surface area contributed by atoms with Crippen molar-refractivity contribution in [3.63, 3.8) is 0 Å². The van der Waals surface area contributed by atoms with Gasteiger partial charge in [-0.1, -0.05) is 83.1 Å². The van der Waals surface area contributed by atoms with Crippen LogP contribution in [0.1, 0.15) is 83.1 Å². The zero-order chi connectivity index (χ0) is 18.0. The first-order chi connectivity index (χ1) is 8.00. The third kappa shape index (κ3) is 25200. The molecule has 0 rings (SSSR count). The number of rotatable bonds is 0. The molecule has 0 unspecified atom stereocenters. The van der Waals surface area contributed by atoms with E-state index in [9.17, 15) is 20.4 Å². The molecule has 0 aromatic rings. The summed E-state index contributed by atoms with van der Waals surface area (Å²) in [7, 11) is 0. The minimum absolute atomic E-state index is 0. The van der Waals surface area contributed by atoms with Crippen LogP contribution in [0, 0.1) is 0 Å². The van der Waals surface area contributed by atoms with Gasteiger partial charge in [0, 0.05) is 0 Å². The zero-order valence-corrected chi connectivity index (χ0v) is 18.0. The molecule has 130 valence electrons. The second kappa shape index (κ2) is 13.0. The van der Waals surface area contributed by atoms with Crippen LogP contribution in [-0.4, -0.2) is 22.4 Å². The molecule has 0 heterocycles. The van der Waals surface area contributed by atoms with Crippen LogP contribution in [0.5, 0.6) is 0 Å². The van der Waals surface area contributed by atoms with E-state index in [1.807, 2.05) is 0 Å². The molecule has 0 aromatic heterocycles. The topological polar surface area (TPSA) is 92.2 Å². The minimum Gasteiger partial charge on any atom is -0.850 e. The second-order valence-electron chi connectivity index (χ2n) is 8.45. The molecule has 0 bridgehead atoms. The van der Waals surface area contributed by atoms with E-state index >= 15 is 0 Å². The van der Waals surface area contributed by atoms with Gasteiger partial charge in [-0.05, 0) is 0 Å². The number of hydrogen-bond acceptors (Lipinski definition) is 4. The van der Waals surface area contributed by atoms with Gasteiger partial charge >= 0.3 is 21.1 Å². The van der Waals surface area contributed by atoms with E-state index in [0.717, 1.165) is 0 Å². The van der Waals surface area contributed by atoms with E-state index in [2.05, 4.69) is 0 Å². The van der Waals surface area contributed by atoms with Crippen LogP contribution < -0.4 is 20.4 Å². The summed E-state index contributed by atoms with van der Waals surface area (Å²) in [6, 6.07) is 0. The van der Waals surface area contributed by atoms with Crippen molar-refractivity contribution in [2.75, 3.05) is 0 Å². The maximum Gasteiger partial charge on any atom is 4.00 e. The summed E-state index contributed by atoms with van der Waals surface area (Å²) < 4.78 is 0. The molecule has 4 nitrogen and oxygen atoms in total. The normalized spacial score (nSPS) is 11.4. The summed E-state index contributed by atoms with van der Waals surface area (Å²) in [5.41, 5.74) is -3.00. The van der Waals surface area contributed by atoms with Crippen molar-refractivity contribution in [2.45, 2.75) is 105 Å². The van der Waals surface area contributed by atoms with E-state index in [1.165, 1.54) is 0 Å². The van der Waals surface area contributed by atoms with Crippen molar-refractivity contribution in [3.8, 4) is 0 Å². The Kier molecular flexibility index (Phi) is 20.6. The first kappa shape index (κ1) is 33.2. The van der Waals surface area contributed by atoms with Gasteiger partial charge in [0.15, 0.2) is 0 Å². The fourth-order valence-corrected chi connectivity index (χ4v) is 0. The summed E-state index contributed by atoms with van der Waals surface area (Å²) in [5.74, 6) is 0. The molecule has 5 heteroatoms. The molecule has 0 atom stereocenters. The molecule has 21 heavy (non-hydrogen) atoms. The molecule has 0 spiro atoms. The first-order valence-electron chi connectivity index (χ1n) is 6.82. The van der Waals surface area contributed by atoms with Crippen molar-refractivity contribution >= 4 is 0 Å². The monoisotopic (exact) mass is 390 g/mol. The van der Waals surface area contributed by atoms with Crippen LogP contribution in [0.3, 0.4) is 0 Å². The summed E-state index contributed by atoms with van der Waals surface area (Å²) in [4.78, 5) is 0. The van der Waals surface area contributed by atoms with Crippen molar-refractivity contribution in [1.29, 1.82) is 0 Å². The average Bonchev–Trinajstić information content (AvgIpc) is 1.62. The molecule has 0 saturated heterocycles. The molecule has 0 aromatic carbocycles. The summed E-state index contributed by atoms with van der Waals surface area (Å²) >= 11 is 0. The standard InChI is InChI=1S/4C4H9O.Mo/c4*1-4(2,3)5;/h4*1-3H3;/q4*-1;+4. The molecule has 0 aliphatic carbocycles. The first-order valence-corrected chi connectivity index (χ1v) is 6.82.